The highest BCUT2D eigenvalue weighted by molar-refractivity contribution is 9.10. The van der Waals surface area contributed by atoms with Crippen molar-refractivity contribution in [2.45, 2.75) is 39.0 Å². The standard InChI is InChI=1S/C14H22BrNO2/c1-14(2,3)16-8-13(17)10-18-9-11-4-6-12(15)7-5-11/h4-7,13,16-17H,8-10H2,1-3H3. The van der Waals surface area contributed by atoms with Gasteiger partial charge in [0.15, 0.2) is 0 Å². The van der Waals surface area contributed by atoms with E-state index in [9.17, 15) is 5.11 Å². The molecule has 0 saturated heterocycles. The number of hydrogen-bond donors (Lipinski definition) is 2. The minimum atomic E-state index is -0.473. The third-order valence-electron chi connectivity index (χ3n) is 2.36. The lowest BCUT2D eigenvalue weighted by molar-refractivity contribution is 0.0262. The predicted molar refractivity (Wildman–Crippen MR) is 77.6 cm³/mol. The molecule has 0 aliphatic heterocycles. The Kier molecular flexibility index (Phi) is 6.29. The monoisotopic (exact) mass is 315 g/mol. The maximum absolute atomic E-state index is 9.74. The fourth-order valence-corrected chi connectivity index (χ4v) is 1.64. The van der Waals surface area contributed by atoms with Crippen LogP contribution in [0.1, 0.15) is 26.3 Å². The van der Waals surface area contributed by atoms with Crippen LogP contribution in [-0.4, -0.2) is 29.9 Å². The van der Waals surface area contributed by atoms with E-state index >= 15 is 0 Å². The van der Waals surface area contributed by atoms with Gasteiger partial charge in [-0.15, -0.1) is 0 Å². The summed E-state index contributed by atoms with van der Waals surface area (Å²) >= 11 is 3.39. The van der Waals surface area contributed by atoms with Crippen molar-refractivity contribution in [1.29, 1.82) is 0 Å². The topological polar surface area (TPSA) is 41.5 Å². The maximum Gasteiger partial charge on any atom is 0.0898 e. The molecule has 1 rings (SSSR count). The number of aliphatic hydroxyl groups excluding tert-OH is 1. The SMILES string of the molecule is CC(C)(C)NCC(O)COCc1ccc(Br)cc1. The van der Waals surface area contributed by atoms with Gasteiger partial charge in [-0.05, 0) is 38.5 Å². The van der Waals surface area contributed by atoms with Gasteiger partial charge in [-0.2, -0.15) is 0 Å². The Bertz CT molecular complexity index is 346. The van der Waals surface area contributed by atoms with Gasteiger partial charge in [0.05, 0.1) is 19.3 Å². The van der Waals surface area contributed by atoms with Crippen LogP contribution >= 0.6 is 15.9 Å². The number of hydrogen-bond acceptors (Lipinski definition) is 3. The van der Waals surface area contributed by atoms with Crippen LogP contribution in [0.25, 0.3) is 0 Å². The first-order valence-electron chi connectivity index (χ1n) is 6.12. The molecule has 0 radical (unpaired) electrons. The molecule has 0 saturated carbocycles. The summed E-state index contributed by atoms with van der Waals surface area (Å²) in [6, 6.07) is 7.97. The first kappa shape index (κ1) is 15.6. The van der Waals surface area contributed by atoms with E-state index in [0.29, 0.717) is 19.8 Å². The molecule has 0 aliphatic carbocycles. The fourth-order valence-electron chi connectivity index (χ4n) is 1.38. The molecule has 1 aromatic carbocycles. The lowest BCUT2D eigenvalue weighted by Gasteiger charge is -2.22. The van der Waals surface area contributed by atoms with Gasteiger partial charge < -0.3 is 15.2 Å². The number of ether oxygens (including phenoxy) is 1. The van der Waals surface area contributed by atoms with Crippen LogP contribution in [0.5, 0.6) is 0 Å². The minimum Gasteiger partial charge on any atom is -0.389 e. The van der Waals surface area contributed by atoms with Crippen LogP contribution in [0.3, 0.4) is 0 Å². The van der Waals surface area contributed by atoms with Gasteiger partial charge in [-0.3, -0.25) is 0 Å². The van der Waals surface area contributed by atoms with Crippen molar-refractivity contribution in [3.8, 4) is 0 Å². The molecular weight excluding hydrogens is 294 g/mol. The molecule has 4 heteroatoms. The second-order valence-electron chi connectivity index (χ2n) is 5.43. The van der Waals surface area contributed by atoms with Crippen LogP contribution in [0.15, 0.2) is 28.7 Å². The van der Waals surface area contributed by atoms with E-state index in [2.05, 4.69) is 42.0 Å². The summed E-state index contributed by atoms with van der Waals surface area (Å²) in [4.78, 5) is 0. The van der Waals surface area contributed by atoms with Crippen molar-refractivity contribution in [3.05, 3.63) is 34.3 Å². The van der Waals surface area contributed by atoms with Crippen molar-refractivity contribution >= 4 is 15.9 Å². The molecule has 3 nitrogen and oxygen atoms in total. The molecule has 0 aromatic heterocycles. The summed E-state index contributed by atoms with van der Waals surface area (Å²) in [7, 11) is 0. The van der Waals surface area contributed by atoms with Crippen molar-refractivity contribution in [1.82, 2.24) is 5.32 Å². The molecular formula is C14H22BrNO2. The average molecular weight is 316 g/mol. The zero-order chi connectivity index (χ0) is 13.6. The van der Waals surface area contributed by atoms with Crippen molar-refractivity contribution in [2.24, 2.45) is 0 Å². The Morgan fingerprint density at radius 1 is 1.28 bits per heavy atom. The fraction of sp³-hybridized carbons (Fsp3) is 0.571. The second-order valence-corrected chi connectivity index (χ2v) is 6.34. The number of aliphatic hydroxyl groups is 1. The van der Waals surface area contributed by atoms with Crippen LogP contribution in [0.2, 0.25) is 0 Å². The van der Waals surface area contributed by atoms with E-state index in [1.165, 1.54) is 0 Å². The lowest BCUT2D eigenvalue weighted by atomic mass is 10.1. The van der Waals surface area contributed by atoms with Gasteiger partial charge in [-0.25, -0.2) is 0 Å². The number of β-amino-alcohol motifs (C(OH)–C–C–N with tert-alkyl or cyclic N) is 1. The third-order valence-corrected chi connectivity index (χ3v) is 2.89. The molecule has 1 aromatic rings. The summed E-state index contributed by atoms with van der Waals surface area (Å²) in [6.45, 7) is 7.63. The summed E-state index contributed by atoms with van der Waals surface area (Å²) in [6.07, 6.45) is -0.473. The van der Waals surface area contributed by atoms with Gasteiger partial charge in [0.25, 0.3) is 0 Å². The minimum absolute atomic E-state index is 0.0205. The van der Waals surface area contributed by atoms with Crippen LogP contribution < -0.4 is 5.32 Å². The van der Waals surface area contributed by atoms with E-state index in [1.807, 2.05) is 24.3 Å². The van der Waals surface area contributed by atoms with Crippen LogP contribution in [0, 0.1) is 0 Å². The first-order valence-corrected chi connectivity index (χ1v) is 6.91. The molecule has 1 atom stereocenters. The van der Waals surface area contributed by atoms with E-state index < -0.39 is 6.10 Å². The number of rotatable bonds is 6. The highest BCUT2D eigenvalue weighted by Gasteiger charge is 2.12. The lowest BCUT2D eigenvalue weighted by Crippen LogP contribution is -2.42. The van der Waals surface area contributed by atoms with Gasteiger partial charge in [0.1, 0.15) is 0 Å². The molecule has 0 heterocycles. The second kappa shape index (κ2) is 7.24. The van der Waals surface area contributed by atoms with Gasteiger partial charge in [0.2, 0.25) is 0 Å². The molecule has 2 N–H and O–H groups in total. The summed E-state index contributed by atoms with van der Waals surface area (Å²) < 4.78 is 6.54. The Balaban J connectivity index is 2.19. The molecule has 0 aliphatic rings. The highest BCUT2D eigenvalue weighted by Crippen LogP contribution is 2.11. The number of nitrogens with one attached hydrogen (secondary N) is 1. The van der Waals surface area contributed by atoms with Crippen LogP contribution in [-0.2, 0) is 11.3 Å². The normalized spacial score (nSPS) is 13.6. The van der Waals surface area contributed by atoms with Crippen molar-refractivity contribution in [2.75, 3.05) is 13.2 Å². The number of halogens is 1. The zero-order valence-corrected chi connectivity index (χ0v) is 12.8. The maximum atomic E-state index is 9.74. The van der Waals surface area contributed by atoms with E-state index in [0.717, 1.165) is 10.0 Å². The highest BCUT2D eigenvalue weighted by atomic mass is 79.9. The van der Waals surface area contributed by atoms with Gasteiger partial charge in [-0.1, -0.05) is 28.1 Å². The van der Waals surface area contributed by atoms with Crippen LogP contribution in [0.4, 0.5) is 0 Å². The quantitative estimate of drug-likeness (QED) is 0.848. The Labute approximate surface area is 118 Å². The Morgan fingerprint density at radius 2 is 1.89 bits per heavy atom. The molecule has 0 bridgehead atoms. The zero-order valence-electron chi connectivity index (χ0n) is 11.2. The van der Waals surface area contributed by atoms with Crippen molar-refractivity contribution in [3.63, 3.8) is 0 Å². The van der Waals surface area contributed by atoms with Gasteiger partial charge in [0, 0.05) is 16.6 Å². The largest absolute Gasteiger partial charge is 0.389 e. The Morgan fingerprint density at radius 3 is 2.44 bits per heavy atom. The third kappa shape index (κ3) is 7.11. The summed E-state index contributed by atoms with van der Waals surface area (Å²) in [5.74, 6) is 0. The molecule has 0 spiro atoms. The molecule has 0 amide bonds. The van der Waals surface area contributed by atoms with E-state index in [1.54, 1.807) is 0 Å². The van der Waals surface area contributed by atoms with Crippen molar-refractivity contribution < 1.29 is 9.84 Å². The molecule has 18 heavy (non-hydrogen) atoms. The smallest absolute Gasteiger partial charge is 0.0898 e. The first-order chi connectivity index (χ1) is 8.37. The molecule has 102 valence electrons. The predicted octanol–water partition coefficient (Wildman–Crippen LogP) is 2.71. The number of benzene rings is 1. The van der Waals surface area contributed by atoms with E-state index in [-0.39, 0.29) is 5.54 Å². The summed E-state index contributed by atoms with van der Waals surface area (Å²) in [5, 5.41) is 13.0. The average Bonchev–Trinajstić information content (AvgIpc) is 2.28. The molecule has 1 unspecified atom stereocenters. The summed E-state index contributed by atoms with van der Waals surface area (Å²) in [5.41, 5.74) is 1.13. The van der Waals surface area contributed by atoms with Gasteiger partial charge >= 0.3 is 0 Å². The van der Waals surface area contributed by atoms with E-state index in [4.69, 9.17) is 4.74 Å². The molecule has 0 fully saturated rings. The Hall–Kier alpha value is -0.420.